The molecule has 98 valence electrons. The van der Waals surface area contributed by atoms with Crippen LogP contribution in [0.4, 0.5) is 5.69 Å². The van der Waals surface area contributed by atoms with Gasteiger partial charge in [0.25, 0.3) is 5.91 Å². The van der Waals surface area contributed by atoms with E-state index in [-0.39, 0.29) is 12.5 Å². The largest absolute Gasteiger partial charge is 0.395 e. The molecular formula is C14H20N2O2. The third-order valence-corrected chi connectivity index (χ3v) is 3.36. The molecule has 3 N–H and O–H groups in total. The number of carbonyl (C=O) groups is 1. The fraction of sp³-hybridized carbons (Fsp3) is 0.500. The Morgan fingerprint density at radius 3 is 2.56 bits per heavy atom. The number of nitrogens with one attached hydrogen (secondary N) is 2. The molecule has 2 rings (SSSR count). The Balaban J connectivity index is 1.82. The van der Waals surface area contributed by atoms with E-state index in [4.69, 9.17) is 5.11 Å². The highest BCUT2D eigenvalue weighted by atomic mass is 16.3. The molecule has 1 aliphatic carbocycles. The summed E-state index contributed by atoms with van der Waals surface area (Å²) >= 11 is 0. The van der Waals surface area contributed by atoms with Crippen molar-refractivity contribution in [2.24, 2.45) is 5.92 Å². The maximum Gasteiger partial charge on any atom is 0.251 e. The fourth-order valence-corrected chi connectivity index (χ4v) is 1.97. The third-order valence-electron chi connectivity index (χ3n) is 3.36. The molecule has 1 amide bonds. The summed E-state index contributed by atoms with van der Waals surface area (Å²) in [6.07, 6.45) is 4.01. The highest BCUT2D eigenvalue weighted by Gasteiger charge is 2.16. The van der Waals surface area contributed by atoms with Gasteiger partial charge in [-0.15, -0.1) is 0 Å². The molecule has 4 heteroatoms. The quantitative estimate of drug-likeness (QED) is 0.717. The average molecular weight is 248 g/mol. The van der Waals surface area contributed by atoms with E-state index < -0.39 is 0 Å². The second-order valence-corrected chi connectivity index (χ2v) is 4.73. The first-order valence-electron chi connectivity index (χ1n) is 6.52. The van der Waals surface area contributed by atoms with Crippen molar-refractivity contribution >= 4 is 11.6 Å². The van der Waals surface area contributed by atoms with E-state index in [9.17, 15) is 4.79 Å². The minimum absolute atomic E-state index is 0.0350. The Bertz CT molecular complexity index is 385. The van der Waals surface area contributed by atoms with Gasteiger partial charge in [-0.2, -0.15) is 0 Å². The van der Waals surface area contributed by atoms with Crippen molar-refractivity contribution in [3.8, 4) is 0 Å². The average Bonchev–Trinajstić information content (AvgIpc) is 2.35. The van der Waals surface area contributed by atoms with Crippen LogP contribution in [0.15, 0.2) is 24.3 Å². The SMILES string of the molecule is O=C(NCCO)c1ccc(NCC2CCC2)cc1. The summed E-state index contributed by atoms with van der Waals surface area (Å²) in [6, 6.07) is 7.45. The second kappa shape index (κ2) is 6.40. The molecule has 18 heavy (non-hydrogen) atoms. The van der Waals surface area contributed by atoms with Crippen molar-refractivity contribution in [1.29, 1.82) is 0 Å². The van der Waals surface area contributed by atoms with Gasteiger partial charge >= 0.3 is 0 Å². The van der Waals surface area contributed by atoms with E-state index >= 15 is 0 Å². The summed E-state index contributed by atoms with van der Waals surface area (Å²) in [5.41, 5.74) is 1.68. The number of rotatable bonds is 6. The lowest BCUT2D eigenvalue weighted by Gasteiger charge is -2.25. The highest BCUT2D eigenvalue weighted by molar-refractivity contribution is 5.94. The number of benzene rings is 1. The van der Waals surface area contributed by atoms with Gasteiger partial charge < -0.3 is 15.7 Å². The van der Waals surface area contributed by atoms with Gasteiger partial charge in [-0.3, -0.25) is 4.79 Å². The van der Waals surface area contributed by atoms with E-state index in [0.29, 0.717) is 12.1 Å². The monoisotopic (exact) mass is 248 g/mol. The molecule has 1 fully saturated rings. The number of anilines is 1. The zero-order valence-electron chi connectivity index (χ0n) is 10.5. The lowest BCUT2D eigenvalue weighted by Crippen LogP contribution is -2.26. The van der Waals surface area contributed by atoms with Crippen LogP contribution in [0.5, 0.6) is 0 Å². The predicted molar refractivity (Wildman–Crippen MR) is 71.7 cm³/mol. The molecule has 4 nitrogen and oxygen atoms in total. The van der Waals surface area contributed by atoms with Crippen LogP contribution in [0.1, 0.15) is 29.6 Å². The van der Waals surface area contributed by atoms with Crippen LogP contribution >= 0.6 is 0 Å². The Morgan fingerprint density at radius 2 is 2.00 bits per heavy atom. The standard InChI is InChI=1S/C14H20N2O2/c17-9-8-15-14(18)12-4-6-13(7-5-12)16-10-11-2-1-3-11/h4-7,11,16-17H,1-3,8-10H2,(H,15,18). The normalized spacial score (nSPS) is 14.9. The van der Waals surface area contributed by atoms with Gasteiger partial charge in [0.2, 0.25) is 0 Å². The molecule has 1 saturated carbocycles. The molecule has 0 atom stereocenters. The summed E-state index contributed by atoms with van der Waals surface area (Å²) in [5.74, 6) is 0.673. The van der Waals surface area contributed by atoms with Gasteiger partial charge in [-0.1, -0.05) is 6.42 Å². The zero-order valence-corrected chi connectivity index (χ0v) is 10.5. The van der Waals surface area contributed by atoms with E-state index in [1.165, 1.54) is 19.3 Å². The molecule has 0 radical (unpaired) electrons. The summed E-state index contributed by atoms with van der Waals surface area (Å²) in [5, 5.41) is 14.6. The molecule has 0 bridgehead atoms. The molecule has 0 heterocycles. The van der Waals surface area contributed by atoms with Crippen molar-refractivity contribution < 1.29 is 9.90 Å². The van der Waals surface area contributed by atoms with Gasteiger partial charge in [0, 0.05) is 24.3 Å². The lowest BCUT2D eigenvalue weighted by molar-refractivity contribution is 0.0945. The Morgan fingerprint density at radius 1 is 1.28 bits per heavy atom. The molecule has 1 aliphatic rings. The van der Waals surface area contributed by atoms with Crippen LogP contribution in [-0.2, 0) is 0 Å². The van der Waals surface area contributed by atoms with Gasteiger partial charge in [-0.05, 0) is 43.0 Å². The molecule has 0 spiro atoms. The van der Waals surface area contributed by atoms with Crippen molar-refractivity contribution in [3.63, 3.8) is 0 Å². The van der Waals surface area contributed by atoms with E-state index in [1.54, 1.807) is 12.1 Å². The molecule has 0 aromatic heterocycles. The number of hydrogen-bond donors (Lipinski definition) is 3. The van der Waals surface area contributed by atoms with Crippen molar-refractivity contribution in [3.05, 3.63) is 29.8 Å². The smallest absolute Gasteiger partial charge is 0.251 e. The Kier molecular flexibility index (Phi) is 4.59. The highest BCUT2D eigenvalue weighted by Crippen LogP contribution is 2.26. The summed E-state index contributed by atoms with van der Waals surface area (Å²) in [7, 11) is 0. The van der Waals surface area contributed by atoms with Crippen LogP contribution in [0, 0.1) is 5.92 Å². The van der Waals surface area contributed by atoms with Gasteiger partial charge in [0.1, 0.15) is 0 Å². The maximum absolute atomic E-state index is 11.6. The van der Waals surface area contributed by atoms with Crippen molar-refractivity contribution in [2.45, 2.75) is 19.3 Å². The molecule has 0 unspecified atom stereocenters. The summed E-state index contributed by atoms with van der Waals surface area (Å²) in [6.45, 7) is 1.28. The number of hydrogen-bond acceptors (Lipinski definition) is 3. The first-order valence-corrected chi connectivity index (χ1v) is 6.52. The first-order chi connectivity index (χ1) is 8.79. The summed E-state index contributed by atoms with van der Waals surface area (Å²) < 4.78 is 0. The topological polar surface area (TPSA) is 61.4 Å². The maximum atomic E-state index is 11.6. The molecular weight excluding hydrogens is 228 g/mol. The third kappa shape index (κ3) is 3.47. The zero-order chi connectivity index (χ0) is 12.8. The van der Waals surface area contributed by atoms with Crippen molar-refractivity contribution in [2.75, 3.05) is 25.0 Å². The van der Waals surface area contributed by atoms with Gasteiger partial charge in [0.05, 0.1) is 6.61 Å². The number of aliphatic hydroxyl groups excluding tert-OH is 1. The number of amides is 1. The summed E-state index contributed by atoms with van der Waals surface area (Å²) in [4.78, 5) is 11.6. The predicted octanol–water partition coefficient (Wildman–Crippen LogP) is 1.62. The minimum Gasteiger partial charge on any atom is -0.395 e. The van der Waals surface area contributed by atoms with Crippen LogP contribution in [-0.4, -0.2) is 30.7 Å². The number of carbonyl (C=O) groups excluding carboxylic acids is 1. The molecule has 0 aliphatic heterocycles. The van der Waals surface area contributed by atoms with Crippen LogP contribution in [0.2, 0.25) is 0 Å². The van der Waals surface area contributed by atoms with E-state index in [0.717, 1.165) is 18.2 Å². The van der Waals surface area contributed by atoms with Gasteiger partial charge in [0.15, 0.2) is 0 Å². The van der Waals surface area contributed by atoms with E-state index in [1.807, 2.05) is 12.1 Å². The minimum atomic E-state index is -0.144. The number of aliphatic hydroxyl groups is 1. The second-order valence-electron chi connectivity index (χ2n) is 4.73. The van der Waals surface area contributed by atoms with Crippen LogP contribution in [0.3, 0.4) is 0 Å². The Hall–Kier alpha value is -1.55. The van der Waals surface area contributed by atoms with E-state index in [2.05, 4.69) is 10.6 Å². The first kappa shape index (κ1) is 12.9. The van der Waals surface area contributed by atoms with Crippen LogP contribution < -0.4 is 10.6 Å². The molecule has 0 saturated heterocycles. The Labute approximate surface area is 107 Å². The molecule has 1 aromatic carbocycles. The lowest BCUT2D eigenvalue weighted by atomic mass is 9.85. The van der Waals surface area contributed by atoms with Gasteiger partial charge in [-0.25, -0.2) is 0 Å². The fourth-order valence-electron chi connectivity index (χ4n) is 1.97. The van der Waals surface area contributed by atoms with Crippen LogP contribution in [0.25, 0.3) is 0 Å². The molecule has 1 aromatic rings. The van der Waals surface area contributed by atoms with Crippen molar-refractivity contribution in [1.82, 2.24) is 5.32 Å².